The average Bonchev–Trinajstić information content (AvgIpc) is 3.22. The van der Waals surface area contributed by atoms with Crippen molar-refractivity contribution in [2.45, 2.75) is 76.3 Å². The molecule has 132 valence electrons. The molecule has 1 atom stereocenters. The highest BCUT2D eigenvalue weighted by atomic mass is 16.2. The quantitative estimate of drug-likeness (QED) is 0.861. The summed E-state index contributed by atoms with van der Waals surface area (Å²) in [5.74, 6) is 4.50. The van der Waals surface area contributed by atoms with Gasteiger partial charge in [-0.15, -0.1) is 0 Å². The van der Waals surface area contributed by atoms with Crippen LogP contribution in [0.2, 0.25) is 0 Å². The number of carbonyl (C=O) groups is 2. The third-order valence-corrected chi connectivity index (χ3v) is 7.63. The Morgan fingerprint density at radius 3 is 2.21 bits per heavy atom. The van der Waals surface area contributed by atoms with Crippen molar-refractivity contribution in [3.63, 3.8) is 0 Å². The molecule has 0 aromatic carbocycles. The molecule has 6 aliphatic rings. The Kier molecular flexibility index (Phi) is 3.64. The van der Waals surface area contributed by atoms with Gasteiger partial charge in [0.15, 0.2) is 0 Å². The lowest BCUT2D eigenvalue weighted by molar-refractivity contribution is -0.142. The normalized spacial score (nSPS) is 43.2. The van der Waals surface area contributed by atoms with Crippen LogP contribution in [-0.4, -0.2) is 35.3 Å². The van der Waals surface area contributed by atoms with Crippen LogP contribution < -0.4 is 5.32 Å². The largest absolute Gasteiger partial charge is 0.352 e. The van der Waals surface area contributed by atoms with E-state index in [2.05, 4.69) is 5.32 Å². The second-order valence-corrected chi connectivity index (χ2v) is 9.33. The van der Waals surface area contributed by atoms with Crippen LogP contribution in [0.25, 0.3) is 0 Å². The Morgan fingerprint density at radius 1 is 0.917 bits per heavy atom. The molecule has 1 saturated heterocycles. The number of carbonyl (C=O) groups excluding carboxylic acids is 2. The molecular weight excluding hydrogens is 300 g/mol. The fourth-order valence-corrected chi connectivity index (χ4v) is 6.55. The van der Waals surface area contributed by atoms with Crippen molar-refractivity contribution in [2.24, 2.45) is 29.6 Å². The number of hydrogen-bond acceptors (Lipinski definition) is 2. The van der Waals surface area contributed by atoms with Gasteiger partial charge in [0.05, 0.1) is 0 Å². The number of rotatable bonds is 4. The molecule has 0 radical (unpaired) electrons. The zero-order chi connectivity index (χ0) is 16.3. The highest BCUT2D eigenvalue weighted by Crippen LogP contribution is 2.57. The Hall–Kier alpha value is -1.06. The number of amides is 2. The molecule has 5 aliphatic carbocycles. The van der Waals surface area contributed by atoms with Crippen molar-refractivity contribution in [3.05, 3.63) is 0 Å². The van der Waals surface area contributed by atoms with Crippen LogP contribution in [-0.2, 0) is 9.59 Å². The fourth-order valence-electron chi connectivity index (χ4n) is 6.55. The van der Waals surface area contributed by atoms with Gasteiger partial charge < -0.3 is 10.2 Å². The molecule has 4 bridgehead atoms. The number of nitrogens with zero attached hydrogens (tertiary/aromatic N) is 1. The first-order chi connectivity index (χ1) is 11.7. The van der Waals surface area contributed by atoms with Gasteiger partial charge in [0.2, 0.25) is 11.8 Å². The van der Waals surface area contributed by atoms with Crippen LogP contribution in [0, 0.1) is 29.6 Å². The minimum atomic E-state index is -0.185. The van der Waals surface area contributed by atoms with Gasteiger partial charge in [-0.1, -0.05) is 0 Å². The molecule has 1 heterocycles. The molecule has 4 heteroatoms. The first kappa shape index (κ1) is 15.2. The molecule has 1 aliphatic heterocycles. The van der Waals surface area contributed by atoms with Crippen LogP contribution in [0.4, 0.5) is 0 Å². The maximum absolute atomic E-state index is 13.0. The van der Waals surface area contributed by atoms with E-state index in [-0.39, 0.29) is 17.9 Å². The number of likely N-dealkylation sites (tertiary alicyclic amines) is 1. The second-order valence-electron chi connectivity index (χ2n) is 9.33. The van der Waals surface area contributed by atoms with Crippen molar-refractivity contribution in [2.75, 3.05) is 6.54 Å². The molecule has 0 aromatic rings. The summed E-state index contributed by atoms with van der Waals surface area (Å²) in [5, 5.41) is 3.10. The second kappa shape index (κ2) is 5.74. The minimum Gasteiger partial charge on any atom is -0.352 e. The standard InChI is InChI=1S/C20H30N2O2/c23-19(22-5-1-2-18(22)20(24)21-16-3-4-16)11-17-14-7-12-6-13(9-14)10-15(17)8-12/h12-18H,1-11H2,(H,21,24). The van der Waals surface area contributed by atoms with Gasteiger partial charge >= 0.3 is 0 Å². The first-order valence-electron chi connectivity index (χ1n) is 10.3. The van der Waals surface area contributed by atoms with Crippen LogP contribution in [0.3, 0.4) is 0 Å². The van der Waals surface area contributed by atoms with E-state index in [1.54, 1.807) is 0 Å². The van der Waals surface area contributed by atoms with E-state index in [1.807, 2.05) is 4.90 Å². The molecule has 4 nitrogen and oxygen atoms in total. The van der Waals surface area contributed by atoms with Gasteiger partial charge in [0.25, 0.3) is 0 Å². The van der Waals surface area contributed by atoms with Crippen molar-refractivity contribution in [1.82, 2.24) is 10.2 Å². The molecule has 1 N–H and O–H groups in total. The summed E-state index contributed by atoms with van der Waals surface area (Å²) < 4.78 is 0. The molecule has 24 heavy (non-hydrogen) atoms. The third-order valence-electron chi connectivity index (χ3n) is 7.63. The van der Waals surface area contributed by atoms with Crippen LogP contribution in [0.15, 0.2) is 0 Å². The van der Waals surface area contributed by atoms with Crippen molar-refractivity contribution >= 4 is 11.8 Å². The maximum Gasteiger partial charge on any atom is 0.243 e. The molecule has 6 fully saturated rings. The summed E-state index contributed by atoms with van der Waals surface area (Å²) in [5.41, 5.74) is 0. The lowest BCUT2D eigenvalue weighted by Crippen LogP contribution is -2.49. The smallest absolute Gasteiger partial charge is 0.243 e. The predicted octanol–water partition coefficient (Wildman–Crippen LogP) is 2.72. The molecular formula is C20H30N2O2. The van der Waals surface area contributed by atoms with E-state index in [1.165, 1.54) is 32.1 Å². The average molecular weight is 330 g/mol. The molecule has 6 rings (SSSR count). The zero-order valence-corrected chi connectivity index (χ0v) is 14.6. The van der Waals surface area contributed by atoms with Crippen molar-refractivity contribution < 1.29 is 9.59 Å². The van der Waals surface area contributed by atoms with Gasteiger partial charge in [-0.3, -0.25) is 9.59 Å². The Bertz CT molecular complexity index is 514. The van der Waals surface area contributed by atoms with Gasteiger partial charge in [0, 0.05) is 19.0 Å². The first-order valence-corrected chi connectivity index (χ1v) is 10.3. The summed E-state index contributed by atoms with van der Waals surface area (Å²) in [6.45, 7) is 0.787. The van der Waals surface area contributed by atoms with Crippen molar-refractivity contribution in [1.29, 1.82) is 0 Å². The Labute approximate surface area is 144 Å². The zero-order valence-electron chi connectivity index (χ0n) is 14.6. The summed E-state index contributed by atoms with van der Waals surface area (Å²) in [6, 6.07) is 0.203. The van der Waals surface area contributed by atoms with Crippen LogP contribution >= 0.6 is 0 Å². The molecule has 0 spiro atoms. The van der Waals surface area contributed by atoms with Crippen LogP contribution in [0.1, 0.15) is 64.2 Å². The summed E-state index contributed by atoms with van der Waals surface area (Å²) in [6.07, 6.45) is 11.7. The van der Waals surface area contributed by atoms with Crippen molar-refractivity contribution in [3.8, 4) is 0 Å². The SMILES string of the molecule is O=C(NC1CC1)C1CCCN1C(=O)CC1C2CC3CC(C2)CC1C3. The summed E-state index contributed by atoms with van der Waals surface area (Å²) in [4.78, 5) is 27.4. The monoisotopic (exact) mass is 330 g/mol. The Morgan fingerprint density at radius 2 is 1.58 bits per heavy atom. The molecule has 1 unspecified atom stereocenters. The van der Waals surface area contributed by atoms with E-state index in [4.69, 9.17) is 0 Å². The van der Waals surface area contributed by atoms with E-state index in [0.717, 1.165) is 55.9 Å². The molecule has 0 aromatic heterocycles. The highest BCUT2D eigenvalue weighted by Gasteiger charge is 2.49. The number of nitrogens with one attached hydrogen (secondary N) is 1. The molecule has 5 saturated carbocycles. The van der Waals surface area contributed by atoms with Gasteiger partial charge in [-0.25, -0.2) is 0 Å². The van der Waals surface area contributed by atoms with E-state index < -0.39 is 0 Å². The van der Waals surface area contributed by atoms with E-state index in [9.17, 15) is 9.59 Å². The lowest BCUT2D eigenvalue weighted by Gasteiger charge is -2.54. The number of hydrogen-bond donors (Lipinski definition) is 1. The van der Waals surface area contributed by atoms with Crippen LogP contribution in [0.5, 0.6) is 0 Å². The summed E-state index contributed by atoms with van der Waals surface area (Å²) >= 11 is 0. The van der Waals surface area contributed by atoms with Gasteiger partial charge in [-0.05, 0) is 87.4 Å². The topological polar surface area (TPSA) is 49.4 Å². The molecule has 2 amide bonds. The van der Waals surface area contributed by atoms with E-state index >= 15 is 0 Å². The third kappa shape index (κ3) is 2.66. The van der Waals surface area contributed by atoms with E-state index in [0.29, 0.717) is 18.4 Å². The maximum atomic E-state index is 13.0. The highest BCUT2D eigenvalue weighted by molar-refractivity contribution is 5.88. The fraction of sp³-hybridized carbons (Fsp3) is 0.900. The van der Waals surface area contributed by atoms with Gasteiger partial charge in [-0.2, -0.15) is 0 Å². The predicted molar refractivity (Wildman–Crippen MR) is 91.1 cm³/mol. The Balaban J connectivity index is 1.24. The summed E-state index contributed by atoms with van der Waals surface area (Å²) in [7, 11) is 0. The lowest BCUT2D eigenvalue weighted by atomic mass is 9.51. The van der Waals surface area contributed by atoms with Gasteiger partial charge in [0.1, 0.15) is 6.04 Å². The minimum absolute atomic E-state index is 0.105.